The second-order valence-electron chi connectivity index (χ2n) is 13.6. The normalized spacial score (nSPS) is 27.0. The number of amides is 4. The third-order valence-electron chi connectivity index (χ3n) is 11.0. The van der Waals surface area contributed by atoms with Gasteiger partial charge in [-0.05, 0) is 97.0 Å². The van der Waals surface area contributed by atoms with E-state index in [-0.39, 0.29) is 42.7 Å². The highest BCUT2D eigenvalue weighted by molar-refractivity contribution is 6.30. The summed E-state index contributed by atoms with van der Waals surface area (Å²) in [6.07, 6.45) is 2.67. The number of aromatic hydroxyl groups is 1. The predicted molar refractivity (Wildman–Crippen MR) is 182 cm³/mol. The van der Waals surface area contributed by atoms with E-state index in [1.807, 2.05) is 6.08 Å². The Bertz CT molecular complexity index is 2080. The number of halogens is 2. The summed E-state index contributed by atoms with van der Waals surface area (Å²) >= 11 is 6.32. The molecule has 3 aromatic carbocycles. The lowest BCUT2D eigenvalue weighted by atomic mass is 9.50. The minimum atomic E-state index is -1.57. The molecule has 2 aliphatic heterocycles. The molecule has 0 bridgehead atoms. The number of aliphatic hydroxyl groups is 1. The van der Waals surface area contributed by atoms with Gasteiger partial charge >= 0.3 is 0 Å². The molecule has 4 amide bonds. The molecule has 3 heterocycles. The summed E-state index contributed by atoms with van der Waals surface area (Å²) in [6, 6.07) is 21.9. The summed E-state index contributed by atoms with van der Waals surface area (Å²) in [7, 11) is 0. The number of nitrogens with zero attached hydrogens (tertiary/aromatic N) is 2. The Labute approximate surface area is 297 Å². The number of carbonyl (C=O) groups excluding carboxylic acids is 4. The summed E-state index contributed by atoms with van der Waals surface area (Å²) in [6.45, 7) is -0.241. The maximum Gasteiger partial charge on any atom is 0.260 e. The number of nitrogens with one attached hydrogen (secondary N) is 1. The zero-order valence-corrected chi connectivity index (χ0v) is 27.9. The van der Waals surface area contributed by atoms with Crippen LogP contribution in [0.15, 0.2) is 101 Å². The van der Waals surface area contributed by atoms with Gasteiger partial charge in [-0.1, -0.05) is 47.5 Å². The van der Waals surface area contributed by atoms with Crippen LogP contribution in [0.2, 0.25) is 5.02 Å². The number of allylic oxidation sites excluding steroid dienone is 2. The van der Waals surface area contributed by atoms with Crippen LogP contribution in [0, 0.1) is 29.5 Å². The van der Waals surface area contributed by atoms with Crippen molar-refractivity contribution in [1.82, 2.24) is 9.91 Å². The van der Waals surface area contributed by atoms with Gasteiger partial charge in [-0.15, -0.1) is 0 Å². The fourth-order valence-electron chi connectivity index (χ4n) is 8.79. The molecule has 10 nitrogen and oxygen atoms in total. The molecule has 260 valence electrons. The first-order valence-electron chi connectivity index (χ1n) is 16.8. The first kappa shape index (κ1) is 32.9. The van der Waals surface area contributed by atoms with Crippen molar-refractivity contribution in [3.05, 3.63) is 130 Å². The highest BCUT2D eigenvalue weighted by Crippen LogP contribution is 2.64. The van der Waals surface area contributed by atoms with Crippen LogP contribution in [0.3, 0.4) is 0 Å². The first-order chi connectivity index (χ1) is 24.6. The van der Waals surface area contributed by atoms with Crippen LogP contribution in [0.1, 0.15) is 41.4 Å². The molecule has 2 aliphatic carbocycles. The maximum atomic E-state index is 15.1. The molecule has 6 unspecified atom stereocenters. The predicted octanol–water partition coefficient (Wildman–Crippen LogP) is 5.50. The molecule has 3 N–H and O–H groups in total. The molecule has 1 saturated carbocycles. The number of carbonyl (C=O) groups is 4. The topological polar surface area (TPSA) is 140 Å². The molecule has 0 radical (unpaired) electrons. The molecule has 1 aromatic heterocycles. The van der Waals surface area contributed by atoms with E-state index in [9.17, 15) is 29.0 Å². The van der Waals surface area contributed by atoms with Crippen molar-refractivity contribution >= 4 is 40.9 Å². The molecular weight excluding hydrogens is 677 g/mol. The van der Waals surface area contributed by atoms with Crippen molar-refractivity contribution in [2.24, 2.45) is 23.7 Å². The van der Waals surface area contributed by atoms with Crippen molar-refractivity contribution < 1.29 is 38.2 Å². The van der Waals surface area contributed by atoms with Gasteiger partial charge in [0.2, 0.25) is 11.8 Å². The number of benzene rings is 3. The number of likely N-dealkylation sites (tertiary alicyclic amines) is 1. The van der Waals surface area contributed by atoms with E-state index in [2.05, 4.69) is 5.43 Å². The van der Waals surface area contributed by atoms with Crippen molar-refractivity contribution in [2.75, 3.05) is 12.0 Å². The average Bonchev–Trinajstić information content (AvgIpc) is 3.77. The quantitative estimate of drug-likeness (QED) is 0.161. The highest BCUT2D eigenvalue weighted by Gasteiger charge is 2.71. The third kappa shape index (κ3) is 5.17. The second-order valence-corrected chi connectivity index (χ2v) is 14.0. The zero-order valence-electron chi connectivity index (χ0n) is 27.2. The number of phenols is 1. The van der Waals surface area contributed by atoms with Gasteiger partial charge in [-0.3, -0.25) is 29.5 Å². The van der Waals surface area contributed by atoms with Gasteiger partial charge in [0.05, 0.1) is 29.4 Å². The molecular formula is C39H33ClFN3O7. The van der Waals surface area contributed by atoms with Crippen LogP contribution in [-0.2, 0) is 37.6 Å². The van der Waals surface area contributed by atoms with Crippen molar-refractivity contribution in [1.29, 1.82) is 0 Å². The maximum absolute atomic E-state index is 15.1. The minimum Gasteiger partial charge on any atom is -0.508 e. The Hall–Kier alpha value is -5.26. The molecule has 4 aromatic rings. The fraction of sp³-hybridized carbons (Fsp3) is 0.282. The van der Waals surface area contributed by atoms with Gasteiger partial charge in [0, 0.05) is 11.6 Å². The lowest BCUT2D eigenvalue weighted by Gasteiger charge is -2.49. The molecule has 4 aliphatic rings. The molecule has 2 saturated heterocycles. The van der Waals surface area contributed by atoms with Gasteiger partial charge in [0.15, 0.2) is 0 Å². The standard InChI is InChI=1S/C39H33ClFN3O7/c40-23-5-3-22(4-6-23)39-31(36(48)44(38(39)50)42-25-9-7-24(41)8-10-25)19-30-28(34(39)32-16-13-27(20-45)51-32)14-15-29-33(30)37(49)43(35(29)47)18-17-21-1-11-26(46)12-2-21/h1-14,16,29-31,33-34,42,45-46H,15,17-20H2. The number of furan rings is 1. The van der Waals surface area contributed by atoms with Crippen LogP contribution in [0.4, 0.5) is 10.1 Å². The third-order valence-corrected chi connectivity index (χ3v) is 11.3. The summed E-state index contributed by atoms with van der Waals surface area (Å²) in [5, 5.41) is 21.0. The molecule has 0 spiro atoms. The average molecular weight is 710 g/mol. The lowest BCUT2D eigenvalue weighted by molar-refractivity contribution is -0.141. The van der Waals surface area contributed by atoms with E-state index in [0.717, 1.165) is 10.6 Å². The highest BCUT2D eigenvalue weighted by atomic mass is 35.5. The van der Waals surface area contributed by atoms with Crippen LogP contribution in [-0.4, -0.2) is 50.3 Å². The van der Waals surface area contributed by atoms with Gasteiger partial charge in [0.25, 0.3) is 11.8 Å². The largest absolute Gasteiger partial charge is 0.508 e. The van der Waals surface area contributed by atoms with Crippen LogP contribution in [0.5, 0.6) is 5.75 Å². The number of hydrogen-bond acceptors (Lipinski definition) is 8. The minimum absolute atomic E-state index is 0.0939. The number of rotatable bonds is 8. The Morgan fingerprint density at radius 2 is 1.61 bits per heavy atom. The molecule has 6 atom stereocenters. The SMILES string of the molecule is O=C1C2CC=C3C(CC4C(=O)N(Nc5ccc(F)cc5)C(=O)C4(c4ccc(Cl)cc4)C3c3ccc(CO)o3)C2C(=O)N1CCc1ccc(O)cc1. The Morgan fingerprint density at radius 1 is 0.882 bits per heavy atom. The van der Waals surface area contributed by atoms with E-state index in [1.54, 1.807) is 60.7 Å². The van der Waals surface area contributed by atoms with E-state index in [4.69, 9.17) is 16.0 Å². The molecule has 3 fully saturated rings. The number of hydrogen-bond donors (Lipinski definition) is 3. The van der Waals surface area contributed by atoms with E-state index < -0.39 is 59.2 Å². The van der Waals surface area contributed by atoms with Crippen LogP contribution >= 0.6 is 11.6 Å². The van der Waals surface area contributed by atoms with Crippen LogP contribution < -0.4 is 5.43 Å². The molecule has 8 rings (SSSR count). The Morgan fingerprint density at radius 3 is 2.29 bits per heavy atom. The lowest BCUT2D eigenvalue weighted by Crippen LogP contribution is -2.53. The number of anilines is 1. The van der Waals surface area contributed by atoms with Gasteiger partial charge in [0.1, 0.15) is 35.1 Å². The van der Waals surface area contributed by atoms with E-state index >= 15 is 4.79 Å². The van der Waals surface area contributed by atoms with Gasteiger partial charge in [-0.2, -0.15) is 5.01 Å². The number of aliphatic hydroxyl groups excluding tert-OH is 1. The number of imide groups is 2. The number of phenolic OH excluding ortho intramolecular Hbond substituents is 1. The van der Waals surface area contributed by atoms with Crippen molar-refractivity contribution in [3.63, 3.8) is 0 Å². The summed E-state index contributed by atoms with van der Waals surface area (Å²) in [4.78, 5) is 59.2. The fourth-order valence-corrected chi connectivity index (χ4v) is 8.91. The molecule has 12 heteroatoms. The van der Waals surface area contributed by atoms with Gasteiger partial charge < -0.3 is 14.6 Å². The van der Waals surface area contributed by atoms with Crippen molar-refractivity contribution in [3.8, 4) is 5.75 Å². The second kappa shape index (κ2) is 12.5. The monoisotopic (exact) mass is 709 g/mol. The van der Waals surface area contributed by atoms with Crippen molar-refractivity contribution in [2.45, 2.75) is 37.2 Å². The zero-order chi connectivity index (χ0) is 35.6. The molecule has 51 heavy (non-hydrogen) atoms. The number of fused-ring (bicyclic) bond motifs is 4. The van der Waals surface area contributed by atoms with Gasteiger partial charge in [-0.25, -0.2) is 4.39 Å². The van der Waals surface area contributed by atoms with Crippen LogP contribution in [0.25, 0.3) is 0 Å². The summed E-state index contributed by atoms with van der Waals surface area (Å²) in [5.74, 6) is -5.39. The smallest absolute Gasteiger partial charge is 0.260 e. The first-order valence-corrected chi connectivity index (χ1v) is 17.2. The number of hydrazine groups is 1. The summed E-state index contributed by atoms with van der Waals surface area (Å²) < 4.78 is 20.0. The Balaban J connectivity index is 1.24. The Kier molecular flexibility index (Phi) is 8.07. The van der Waals surface area contributed by atoms with E-state index in [1.165, 1.54) is 29.2 Å². The van der Waals surface area contributed by atoms with E-state index in [0.29, 0.717) is 34.0 Å². The summed E-state index contributed by atoms with van der Waals surface area (Å²) in [5.41, 5.74) is 3.74.